The van der Waals surface area contributed by atoms with Gasteiger partial charge in [0, 0.05) is 11.6 Å². The summed E-state index contributed by atoms with van der Waals surface area (Å²) in [7, 11) is 1.57. The zero-order valence-corrected chi connectivity index (χ0v) is 13.9. The molecule has 6 heteroatoms. The SMILES string of the molecule is COc1ccc2cc(C=C(C#N)c3nc4ccccc4[nH]3)c(=O)[nH]c2c1. The summed E-state index contributed by atoms with van der Waals surface area (Å²) in [5.74, 6) is 1.10. The third-order valence-corrected chi connectivity index (χ3v) is 4.15. The van der Waals surface area contributed by atoms with Crippen LogP contribution in [0.1, 0.15) is 11.4 Å². The average molecular weight is 342 g/mol. The number of rotatable bonds is 3. The van der Waals surface area contributed by atoms with Gasteiger partial charge in [-0.05, 0) is 41.8 Å². The van der Waals surface area contributed by atoms with E-state index in [1.165, 1.54) is 0 Å². The van der Waals surface area contributed by atoms with Crippen LogP contribution in [0.25, 0.3) is 33.6 Å². The molecule has 2 aromatic heterocycles. The van der Waals surface area contributed by atoms with Crippen LogP contribution in [0, 0.1) is 11.3 Å². The Labute approximate surface area is 148 Å². The van der Waals surface area contributed by atoms with Gasteiger partial charge in [-0.3, -0.25) is 4.79 Å². The predicted molar refractivity (Wildman–Crippen MR) is 101 cm³/mol. The van der Waals surface area contributed by atoms with Crippen LogP contribution < -0.4 is 10.3 Å². The van der Waals surface area contributed by atoms with Crippen molar-refractivity contribution >= 4 is 33.6 Å². The van der Waals surface area contributed by atoms with Crippen molar-refractivity contribution in [2.45, 2.75) is 0 Å². The van der Waals surface area contributed by atoms with E-state index in [1.54, 1.807) is 25.3 Å². The topological polar surface area (TPSA) is 94.6 Å². The Kier molecular flexibility index (Phi) is 3.75. The van der Waals surface area contributed by atoms with Gasteiger partial charge in [-0.1, -0.05) is 12.1 Å². The minimum atomic E-state index is -0.283. The number of pyridine rings is 1. The van der Waals surface area contributed by atoms with Crippen LogP contribution in [0.2, 0.25) is 0 Å². The second-order valence-electron chi connectivity index (χ2n) is 5.78. The first-order valence-corrected chi connectivity index (χ1v) is 7.96. The highest BCUT2D eigenvalue weighted by atomic mass is 16.5. The number of imidazole rings is 1. The number of nitriles is 1. The molecule has 4 rings (SSSR count). The smallest absolute Gasteiger partial charge is 0.255 e. The van der Waals surface area contributed by atoms with E-state index in [9.17, 15) is 10.1 Å². The number of benzene rings is 2. The Morgan fingerprint density at radius 1 is 1.15 bits per heavy atom. The van der Waals surface area contributed by atoms with Crippen LogP contribution in [0.15, 0.2) is 53.3 Å². The summed E-state index contributed by atoms with van der Waals surface area (Å²) >= 11 is 0. The number of nitrogens with zero attached hydrogens (tertiary/aromatic N) is 2. The molecule has 2 N–H and O–H groups in total. The second-order valence-corrected chi connectivity index (χ2v) is 5.78. The maximum absolute atomic E-state index is 12.4. The standard InChI is InChI=1S/C20H14N4O2/c1-26-15-7-6-12-8-13(20(25)24-18(12)10-15)9-14(11-21)19-22-16-4-2-3-5-17(16)23-19/h2-10H,1H3,(H,22,23)(H,24,25). The van der Waals surface area contributed by atoms with Crippen LogP contribution in [0.4, 0.5) is 0 Å². The lowest BCUT2D eigenvalue weighted by Gasteiger charge is -2.03. The summed E-state index contributed by atoms with van der Waals surface area (Å²) in [6.07, 6.45) is 1.54. The molecule has 0 atom stereocenters. The molecule has 0 saturated heterocycles. The number of para-hydroxylation sites is 2. The number of hydrogen-bond acceptors (Lipinski definition) is 4. The summed E-state index contributed by atoms with van der Waals surface area (Å²) in [6.45, 7) is 0. The first kappa shape index (κ1) is 15.7. The van der Waals surface area contributed by atoms with Gasteiger partial charge in [0.2, 0.25) is 0 Å². The summed E-state index contributed by atoms with van der Waals surface area (Å²) < 4.78 is 5.17. The molecule has 0 aliphatic rings. The molecular formula is C20H14N4O2. The monoisotopic (exact) mass is 342 g/mol. The van der Waals surface area contributed by atoms with E-state index < -0.39 is 0 Å². The predicted octanol–water partition coefficient (Wildman–Crippen LogP) is 3.48. The fourth-order valence-corrected chi connectivity index (χ4v) is 2.82. The van der Waals surface area contributed by atoms with E-state index in [0.29, 0.717) is 28.2 Å². The summed E-state index contributed by atoms with van der Waals surface area (Å²) in [4.78, 5) is 22.8. The number of aromatic amines is 2. The van der Waals surface area contributed by atoms with Crippen LogP contribution in [0.3, 0.4) is 0 Å². The minimum absolute atomic E-state index is 0.283. The summed E-state index contributed by atoms with van der Waals surface area (Å²) in [5, 5.41) is 10.4. The van der Waals surface area contributed by atoms with Crippen molar-refractivity contribution in [2.75, 3.05) is 7.11 Å². The van der Waals surface area contributed by atoms with Crippen LogP contribution in [-0.4, -0.2) is 22.1 Å². The van der Waals surface area contributed by atoms with Crippen LogP contribution >= 0.6 is 0 Å². The molecule has 0 aliphatic heterocycles. The Hall–Kier alpha value is -3.85. The Morgan fingerprint density at radius 3 is 2.77 bits per heavy atom. The van der Waals surface area contributed by atoms with Crippen molar-refractivity contribution in [1.82, 2.24) is 15.0 Å². The average Bonchev–Trinajstić information content (AvgIpc) is 3.09. The maximum atomic E-state index is 12.4. The van der Waals surface area contributed by atoms with Crippen molar-refractivity contribution in [3.8, 4) is 11.8 Å². The molecule has 0 unspecified atom stereocenters. The third-order valence-electron chi connectivity index (χ3n) is 4.15. The number of nitrogens with one attached hydrogen (secondary N) is 2. The van der Waals surface area contributed by atoms with E-state index in [-0.39, 0.29) is 5.56 Å². The molecule has 0 aliphatic carbocycles. The fourth-order valence-electron chi connectivity index (χ4n) is 2.82. The summed E-state index contributed by atoms with van der Waals surface area (Å²) in [6, 6.07) is 16.8. The number of methoxy groups -OCH3 is 1. The molecule has 0 amide bonds. The summed E-state index contributed by atoms with van der Waals surface area (Å²) in [5.41, 5.74) is 2.67. The minimum Gasteiger partial charge on any atom is -0.497 e. The Morgan fingerprint density at radius 2 is 2.00 bits per heavy atom. The lowest BCUT2D eigenvalue weighted by Crippen LogP contribution is -2.09. The van der Waals surface area contributed by atoms with Crippen LogP contribution in [0.5, 0.6) is 5.75 Å². The number of aromatic nitrogens is 3. The first-order chi connectivity index (χ1) is 12.7. The maximum Gasteiger partial charge on any atom is 0.255 e. The molecular weight excluding hydrogens is 328 g/mol. The molecule has 2 aromatic carbocycles. The van der Waals surface area contributed by atoms with Gasteiger partial charge in [0.15, 0.2) is 0 Å². The molecule has 126 valence electrons. The molecule has 0 spiro atoms. The second kappa shape index (κ2) is 6.22. The van der Waals surface area contributed by atoms with Crippen LogP contribution in [-0.2, 0) is 0 Å². The van der Waals surface area contributed by atoms with Crippen molar-refractivity contribution in [2.24, 2.45) is 0 Å². The van der Waals surface area contributed by atoms with Gasteiger partial charge < -0.3 is 14.7 Å². The highest BCUT2D eigenvalue weighted by Crippen LogP contribution is 2.21. The Bertz CT molecular complexity index is 1230. The number of hydrogen-bond donors (Lipinski definition) is 2. The zero-order valence-electron chi connectivity index (χ0n) is 13.9. The van der Waals surface area contributed by atoms with Crippen molar-refractivity contribution in [3.63, 3.8) is 0 Å². The Balaban J connectivity index is 1.83. The largest absolute Gasteiger partial charge is 0.497 e. The van der Waals surface area contributed by atoms with E-state index in [1.807, 2.05) is 36.4 Å². The van der Waals surface area contributed by atoms with Crippen molar-refractivity contribution in [1.29, 1.82) is 5.26 Å². The first-order valence-electron chi connectivity index (χ1n) is 7.96. The molecule has 0 radical (unpaired) electrons. The van der Waals surface area contributed by atoms with Crippen molar-refractivity contribution in [3.05, 3.63) is 70.3 Å². The quantitative estimate of drug-likeness (QED) is 0.557. The molecule has 26 heavy (non-hydrogen) atoms. The molecule has 0 bridgehead atoms. The van der Waals surface area contributed by atoms with Gasteiger partial charge in [-0.15, -0.1) is 0 Å². The third kappa shape index (κ3) is 2.72. The zero-order chi connectivity index (χ0) is 18.1. The van der Waals surface area contributed by atoms with Gasteiger partial charge in [0.25, 0.3) is 5.56 Å². The van der Waals surface area contributed by atoms with Gasteiger partial charge in [-0.25, -0.2) is 4.98 Å². The number of ether oxygens (including phenoxy) is 1. The fraction of sp³-hybridized carbons (Fsp3) is 0.0500. The number of H-pyrrole nitrogens is 2. The lowest BCUT2D eigenvalue weighted by atomic mass is 10.1. The molecule has 4 aromatic rings. The van der Waals surface area contributed by atoms with Gasteiger partial charge >= 0.3 is 0 Å². The van der Waals surface area contributed by atoms with E-state index >= 15 is 0 Å². The lowest BCUT2D eigenvalue weighted by molar-refractivity contribution is 0.415. The normalized spacial score (nSPS) is 11.6. The molecule has 2 heterocycles. The van der Waals surface area contributed by atoms with Gasteiger partial charge in [0.05, 0.1) is 29.2 Å². The van der Waals surface area contributed by atoms with E-state index in [4.69, 9.17) is 4.74 Å². The number of fused-ring (bicyclic) bond motifs is 2. The van der Waals surface area contributed by atoms with Gasteiger partial charge in [-0.2, -0.15) is 5.26 Å². The highest BCUT2D eigenvalue weighted by Gasteiger charge is 2.10. The van der Waals surface area contributed by atoms with Crippen molar-refractivity contribution < 1.29 is 4.74 Å². The number of allylic oxidation sites excluding steroid dienone is 1. The molecule has 0 saturated carbocycles. The van der Waals surface area contributed by atoms with E-state index in [2.05, 4.69) is 21.0 Å². The highest BCUT2D eigenvalue weighted by molar-refractivity contribution is 5.92. The van der Waals surface area contributed by atoms with E-state index in [0.717, 1.165) is 16.4 Å². The molecule has 6 nitrogen and oxygen atoms in total. The van der Waals surface area contributed by atoms with Gasteiger partial charge in [0.1, 0.15) is 17.6 Å². The molecule has 0 fully saturated rings.